The number of ether oxygens (including phenoxy) is 6. The molecule has 12 nitrogen and oxygen atoms in total. The number of carbonyl (C=O) groups excluding carboxylic acids is 1. The van der Waals surface area contributed by atoms with Gasteiger partial charge in [-0.1, -0.05) is 34.6 Å². The number of carbonyl (C=O) groups is 1. The van der Waals surface area contributed by atoms with Crippen molar-refractivity contribution >= 4 is 5.91 Å². The van der Waals surface area contributed by atoms with Crippen molar-refractivity contribution < 1.29 is 48.5 Å². The van der Waals surface area contributed by atoms with Crippen molar-refractivity contribution in [3.05, 3.63) is 0 Å². The minimum atomic E-state index is -1.65. The molecule has 4 heterocycles. The summed E-state index contributed by atoms with van der Waals surface area (Å²) in [5, 5.41) is 38.5. The Morgan fingerprint density at radius 3 is 2.20 bits per heavy atom. The fourth-order valence-electron chi connectivity index (χ4n) is 9.66. The minimum Gasteiger partial charge on any atom is -0.390 e. The van der Waals surface area contributed by atoms with E-state index in [9.17, 15) is 20.1 Å². The highest BCUT2D eigenvalue weighted by Crippen LogP contribution is 2.47. The zero-order valence-electron chi connectivity index (χ0n) is 33.9. The van der Waals surface area contributed by atoms with E-state index >= 15 is 0 Å². The summed E-state index contributed by atoms with van der Waals surface area (Å²) in [5.41, 5.74) is -3.07. The van der Waals surface area contributed by atoms with E-state index in [1.165, 1.54) is 0 Å². The number of aliphatic hydroxyl groups excluding tert-OH is 2. The Balaban J connectivity index is 1.83. The second-order valence-electron chi connectivity index (χ2n) is 17.7. The van der Waals surface area contributed by atoms with Gasteiger partial charge < -0.3 is 49.1 Å². The average Bonchev–Trinajstić information content (AvgIpc) is 3.37. The molecular weight excluding hydrogens is 656 g/mol. The molecule has 4 N–H and O–H groups in total. The molecular formula is C39H72N2O10. The lowest BCUT2D eigenvalue weighted by Gasteiger charge is -2.48. The first kappa shape index (κ1) is 42.8. The molecule has 4 aliphatic rings. The number of hydrogen-bond acceptors (Lipinski definition) is 11. The number of aliphatic hydroxyl groups is 3. The summed E-state index contributed by atoms with van der Waals surface area (Å²) in [7, 11) is 3.70. The van der Waals surface area contributed by atoms with Crippen LogP contribution in [0.4, 0.5) is 0 Å². The van der Waals surface area contributed by atoms with Gasteiger partial charge in [-0.2, -0.15) is 0 Å². The van der Waals surface area contributed by atoms with E-state index in [4.69, 9.17) is 28.4 Å². The molecule has 51 heavy (non-hydrogen) atoms. The maximum Gasteiger partial charge on any atom is 0.225 e. The lowest BCUT2D eigenvalue weighted by Crippen LogP contribution is -2.61. The van der Waals surface area contributed by atoms with E-state index in [1.807, 2.05) is 62.4 Å². The SMILES string of the molecule is CC[C@H]1NC(=O)[C@H](C)[C@@H](OC2C[C@@](C)(OC)C[C@H](C)O2)[C@H](C)[C@@H](OC2O[C@H](C)C[C@H](N(C)C(C)C)[C@H]2O)[C@@]2(C)CC(C)C(O2)[C@H](C)[C@@H](O)[C@]1(C)O. The summed E-state index contributed by atoms with van der Waals surface area (Å²) in [6, 6.07) is -0.736. The molecule has 4 unspecified atom stereocenters. The summed E-state index contributed by atoms with van der Waals surface area (Å²) in [4.78, 5) is 16.4. The maximum atomic E-state index is 14.3. The van der Waals surface area contributed by atoms with Crippen molar-refractivity contribution in [1.82, 2.24) is 10.2 Å². The van der Waals surface area contributed by atoms with Crippen LogP contribution in [0.5, 0.6) is 0 Å². The van der Waals surface area contributed by atoms with Crippen LogP contribution in [0, 0.1) is 23.7 Å². The van der Waals surface area contributed by atoms with Crippen LogP contribution in [0.15, 0.2) is 0 Å². The fraction of sp³-hybridized carbons (Fsp3) is 0.974. The number of hydrogen-bond donors (Lipinski definition) is 4. The molecule has 0 spiro atoms. The molecule has 0 radical (unpaired) electrons. The Kier molecular flexibility index (Phi) is 13.8. The van der Waals surface area contributed by atoms with Gasteiger partial charge in [0.05, 0.1) is 59.8 Å². The van der Waals surface area contributed by atoms with Crippen molar-refractivity contribution in [2.75, 3.05) is 14.2 Å². The third-order valence-corrected chi connectivity index (χ3v) is 13.0. The predicted molar refractivity (Wildman–Crippen MR) is 194 cm³/mol. The molecule has 0 aliphatic carbocycles. The van der Waals surface area contributed by atoms with Crippen LogP contribution in [-0.2, 0) is 33.2 Å². The van der Waals surface area contributed by atoms with Crippen LogP contribution in [0.1, 0.15) is 115 Å². The standard InChI is InChI=1S/C39H72N2O10/c1-15-28-39(12,45)33(43)24(7)31-21(4)17-38(11,51-31)34(50-36-30(42)27(16-22(5)48-36)41(13)20(2)3)25(8)32(26(9)35(44)40-28)49-29-19-37(10,46-14)18-23(6)47-29/h20-34,36,42-43,45H,15-19H2,1-14H3,(H,40,44)/t21?,22-,23+,24+,25+,26-,27+,28-,29?,30-,31?,32+,33-,34-,36?,37+,38-,39-/m1/s1. The van der Waals surface area contributed by atoms with Crippen LogP contribution < -0.4 is 5.32 Å². The molecule has 18 atom stereocenters. The largest absolute Gasteiger partial charge is 0.390 e. The fourth-order valence-corrected chi connectivity index (χ4v) is 9.66. The van der Waals surface area contributed by atoms with Gasteiger partial charge in [-0.05, 0) is 80.7 Å². The highest BCUT2D eigenvalue weighted by atomic mass is 16.7. The van der Waals surface area contributed by atoms with E-state index in [0.29, 0.717) is 32.1 Å². The second-order valence-corrected chi connectivity index (χ2v) is 17.7. The zero-order chi connectivity index (χ0) is 38.4. The minimum absolute atomic E-state index is 0.0102. The van der Waals surface area contributed by atoms with Crippen LogP contribution in [-0.4, -0.2) is 131 Å². The van der Waals surface area contributed by atoms with E-state index in [-0.39, 0.29) is 36.1 Å². The van der Waals surface area contributed by atoms with Gasteiger partial charge in [-0.25, -0.2) is 0 Å². The van der Waals surface area contributed by atoms with Gasteiger partial charge in [0.1, 0.15) is 11.7 Å². The van der Waals surface area contributed by atoms with Crippen molar-refractivity contribution in [2.45, 2.75) is 205 Å². The molecule has 4 rings (SSSR count). The Bertz CT molecular complexity index is 1160. The molecule has 12 heteroatoms. The highest BCUT2D eigenvalue weighted by molar-refractivity contribution is 5.79. The van der Waals surface area contributed by atoms with E-state index < -0.39 is 83.7 Å². The Labute approximate surface area is 307 Å². The molecule has 298 valence electrons. The molecule has 4 saturated heterocycles. The van der Waals surface area contributed by atoms with E-state index in [2.05, 4.69) is 31.0 Å². The number of nitrogens with one attached hydrogen (secondary N) is 1. The van der Waals surface area contributed by atoms with Gasteiger partial charge in [0.2, 0.25) is 5.91 Å². The number of rotatable bonds is 8. The summed E-state index contributed by atoms with van der Waals surface area (Å²) in [6.07, 6.45) is -3.23. The number of amides is 1. The van der Waals surface area contributed by atoms with Gasteiger partial charge in [0.25, 0.3) is 0 Å². The average molecular weight is 729 g/mol. The molecule has 2 bridgehead atoms. The van der Waals surface area contributed by atoms with Crippen molar-refractivity contribution in [1.29, 1.82) is 0 Å². The van der Waals surface area contributed by atoms with E-state index in [1.54, 1.807) is 14.0 Å². The van der Waals surface area contributed by atoms with Crippen LogP contribution in [0.2, 0.25) is 0 Å². The van der Waals surface area contributed by atoms with Gasteiger partial charge >= 0.3 is 0 Å². The van der Waals surface area contributed by atoms with Crippen LogP contribution in [0.25, 0.3) is 0 Å². The van der Waals surface area contributed by atoms with Crippen molar-refractivity contribution in [3.63, 3.8) is 0 Å². The smallest absolute Gasteiger partial charge is 0.225 e. The first-order valence-electron chi connectivity index (χ1n) is 19.5. The summed E-state index contributed by atoms with van der Waals surface area (Å²) < 4.78 is 39.6. The van der Waals surface area contributed by atoms with Gasteiger partial charge in [0.15, 0.2) is 12.6 Å². The highest BCUT2D eigenvalue weighted by Gasteiger charge is 2.57. The predicted octanol–water partition coefficient (Wildman–Crippen LogP) is 4.00. The van der Waals surface area contributed by atoms with Gasteiger partial charge in [-0.3, -0.25) is 9.69 Å². The molecule has 1 amide bonds. The number of likely N-dealkylation sites (N-methyl/N-ethyl adjacent to an activating group) is 1. The molecule has 0 aromatic carbocycles. The molecule has 0 saturated carbocycles. The molecule has 4 fully saturated rings. The summed E-state index contributed by atoms with van der Waals surface area (Å²) in [6.45, 7) is 23.5. The Morgan fingerprint density at radius 2 is 1.61 bits per heavy atom. The van der Waals surface area contributed by atoms with E-state index in [0.717, 1.165) is 0 Å². The topological polar surface area (TPSA) is 148 Å². The molecule has 0 aromatic rings. The monoisotopic (exact) mass is 729 g/mol. The number of methoxy groups -OCH3 is 1. The first-order chi connectivity index (χ1) is 23.6. The first-order valence-corrected chi connectivity index (χ1v) is 19.5. The van der Waals surface area contributed by atoms with Crippen molar-refractivity contribution in [2.24, 2.45) is 23.7 Å². The normalized spacial score (nSPS) is 50.4. The number of fused-ring (bicyclic) bond motifs is 2. The number of nitrogens with zero attached hydrogens (tertiary/aromatic N) is 1. The maximum absolute atomic E-state index is 14.3. The Morgan fingerprint density at radius 1 is 0.961 bits per heavy atom. The molecule has 0 aromatic heterocycles. The Hall–Kier alpha value is -0.930. The van der Waals surface area contributed by atoms with Crippen molar-refractivity contribution in [3.8, 4) is 0 Å². The lowest BCUT2D eigenvalue weighted by atomic mass is 9.75. The third-order valence-electron chi connectivity index (χ3n) is 13.0. The second kappa shape index (κ2) is 16.4. The lowest BCUT2D eigenvalue weighted by molar-refractivity contribution is -0.312. The third kappa shape index (κ3) is 8.97. The van der Waals surface area contributed by atoms with Gasteiger partial charge in [-0.15, -0.1) is 0 Å². The quantitative estimate of drug-likeness (QED) is 0.288. The summed E-state index contributed by atoms with van der Waals surface area (Å²) in [5.74, 6) is -2.03. The van der Waals surface area contributed by atoms with Crippen LogP contribution >= 0.6 is 0 Å². The zero-order valence-corrected chi connectivity index (χ0v) is 33.9. The molecule has 4 aliphatic heterocycles. The summed E-state index contributed by atoms with van der Waals surface area (Å²) >= 11 is 0. The van der Waals surface area contributed by atoms with Gasteiger partial charge in [0, 0.05) is 43.9 Å². The van der Waals surface area contributed by atoms with Crippen LogP contribution in [0.3, 0.4) is 0 Å².